The Morgan fingerprint density at radius 2 is 1.90 bits per heavy atom. The highest BCUT2D eigenvalue weighted by Crippen LogP contribution is 2.25. The normalized spacial score (nSPS) is 17.1. The molecular formula is C20H22N6O3. The van der Waals surface area contributed by atoms with E-state index in [4.69, 9.17) is 0 Å². The minimum Gasteiger partial charge on any atom is -0.312 e. The molecule has 150 valence electrons. The number of anilines is 1. The summed E-state index contributed by atoms with van der Waals surface area (Å²) in [5.74, 6) is -1.07. The fourth-order valence-electron chi connectivity index (χ4n) is 3.43. The minimum absolute atomic E-state index is 0.0904. The molecule has 0 saturated carbocycles. The van der Waals surface area contributed by atoms with E-state index in [1.165, 1.54) is 12.5 Å². The zero-order chi connectivity index (χ0) is 20.8. The van der Waals surface area contributed by atoms with Gasteiger partial charge in [0.2, 0.25) is 11.8 Å². The molecule has 1 saturated heterocycles. The second-order valence-electron chi connectivity index (χ2n) is 8.10. The molecule has 0 bridgehead atoms. The molecule has 9 heteroatoms. The Balaban J connectivity index is 1.55. The van der Waals surface area contributed by atoms with E-state index in [1.807, 2.05) is 51.1 Å². The molecule has 3 aromatic rings. The number of hydrogen-bond acceptors (Lipinski definition) is 5. The van der Waals surface area contributed by atoms with Crippen LogP contribution in [0.25, 0.3) is 11.0 Å². The summed E-state index contributed by atoms with van der Waals surface area (Å²) >= 11 is 0. The molecule has 3 heterocycles. The maximum absolute atomic E-state index is 12.7. The molecule has 2 amide bonds. The molecule has 1 N–H and O–H groups in total. The van der Waals surface area contributed by atoms with Gasteiger partial charge in [-0.2, -0.15) is 5.10 Å². The Morgan fingerprint density at radius 1 is 1.17 bits per heavy atom. The molecule has 0 radical (unpaired) electrons. The SMILES string of the molecule is CC(C)(C)n1ncc2c(=O)n(NC(=O)C3CC(=O)N(c4ccccc4)C3)cnc21. The van der Waals surface area contributed by atoms with Crippen molar-refractivity contribution in [3.05, 3.63) is 53.2 Å². The molecule has 4 rings (SSSR count). The van der Waals surface area contributed by atoms with Crippen LogP contribution < -0.4 is 15.9 Å². The summed E-state index contributed by atoms with van der Waals surface area (Å²) in [4.78, 5) is 43.7. The van der Waals surface area contributed by atoms with Crippen LogP contribution in [0.15, 0.2) is 47.7 Å². The zero-order valence-electron chi connectivity index (χ0n) is 16.5. The van der Waals surface area contributed by atoms with E-state index in [0.29, 0.717) is 11.0 Å². The Hall–Kier alpha value is -3.49. The van der Waals surface area contributed by atoms with Gasteiger partial charge in [-0.05, 0) is 32.9 Å². The van der Waals surface area contributed by atoms with Crippen molar-refractivity contribution in [2.24, 2.45) is 5.92 Å². The van der Waals surface area contributed by atoms with Crippen LogP contribution in [0.1, 0.15) is 27.2 Å². The standard InChI is InChI=1S/C20H22N6O3/c1-20(2,3)26-17-15(10-22-26)19(29)25(12-21-17)23-18(28)13-9-16(27)24(11-13)14-7-5-4-6-8-14/h4-8,10,12-13H,9,11H2,1-3H3,(H,23,28). The third-order valence-electron chi connectivity index (χ3n) is 4.92. The van der Waals surface area contributed by atoms with Crippen LogP contribution in [0.3, 0.4) is 0 Å². The number of nitrogens with zero attached hydrogens (tertiary/aromatic N) is 5. The van der Waals surface area contributed by atoms with Crippen LogP contribution in [-0.4, -0.2) is 37.8 Å². The lowest BCUT2D eigenvalue weighted by Crippen LogP contribution is -2.37. The number of amides is 2. The van der Waals surface area contributed by atoms with Crippen LogP contribution in [-0.2, 0) is 15.1 Å². The third kappa shape index (κ3) is 3.39. The molecular weight excluding hydrogens is 372 g/mol. The molecule has 2 aromatic heterocycles. The van der Waals surface area contributed by atoms with Crippen molar-refractivity contribution in [3.63, 3.8) is 0 Å². The Labute approximate surface area is 166 Å². The smallest absolute Gasteiger partial charge is 0.283 e. The summed E-state index contributed by atoms with van der Waals surface area (Å²) in [5.41, 5.74) is 3.04. The predicted octanol–water partition coefficient (Wildman–Crippen LogP) is 1.47. The van der Waals surface area contributed by atoms with E-state index >= 15 is 0 Å². The number of nitrogens with one attached hydrogen (secondary N) is 1. The highest BCUT2D eigenvalue weighted by molar-refractivity contribution is 6.01. The Morgan fingerprint density at radius 3 is 2.59 bits per heavy atom. The quantitative estimate of drug-likeness (QED) is 0.725. The van der Waals surface area contributed by atoms with Crippen molar-refractivity contribution in [3.8, 4) is 0 Å². The maximum atomic E-state index is 12.7. The number of hydrogen-bond donors (Lipinski definition) is 1. The maximum Gasteiger partial charge on any atom is 0.283 e. The topological polar surface area (TPSA) is 102 Å². The summed E-state index contributed by atoms with van der Waals surface area (Å²) in [6.07, 6.45) is 2.82. The van der Waals surface area contributed by atoms with Gasteiger partial charge in [0.05, 0.1) is 17.7 Å². The van der Waals surface area contributed by atoms with Gasteiger partial charge in [-0.25, -0.2) is 14.3 Å². The van der Waals surface area contributed by atoms with Crippen molar-refractivity contribution in [1.29, 1.82) is 0 Å². The second kappa shape index (κ2) is 6.84. The molecule has 0 spiro atoms. The van der Waals surface area contributed by atoms with Gasteiger partial charge in [0.1, 0.15) is 11.7 Å². The van der Waals surface area contributed by atoms with Crippen molar-refractivity contribution >= 4 is 28.5 Å². The Bertz CT molecular complexity index is 1140. The minimum atomic E-state index is -0.553. The van der Waals surface area contributed by atoms with Crippen LogP contribution in [0.2, 0.25) is 0 Å². The van der Waals surface area contributed by atoms with Crippen LogP contribution in [0.4, 0.5) is 5.69 Å². The molecule has 29 heavy (non-hydrogen) atoms. The van der Waals surface area contributed by atoms with Gasteiger partial charge in [0, 0.05) is 18.7 Å². The van der Waals surface area contributed by atoms with Gasteiger partial charge in [0.15, 0.2) is 5.65 Å². The monoisotopic (exact) mass is 394 g/mol. The fraction of sp³-hybridized carbons (Fsp3) is 0.350. The number of fused-ring (bicyclic) bond motifs is 1. The zero-order valence-corrected chi connectivity index (χ0v) is 16.5. The van der Waals surface area contributed by atoms with Crippen LogP contribution in [0.5, 0.6) is 0 Å². The molecule has 9 nitrogen and oxygen atoms in total. The molecule has 1 unspecified atom stereocenters. The highest BCUT2D eigenvalue weighted by Gasteiger charge is 2.35. The first kappa shape index (κ1) is 18.9. The fourth-order valence-corrected chi connectivity index (χ4v) is 3.43. The van der Waals surface area contributed by atoms with Crippen molar-refractivity contribution in [2.75, 3.05) is 16.9 Å². The lowest BCUT2D eigenvalue weighted by Gasteiger charge is -2.19. The molecule has 1 aliphatic heterocycles. The first-order chi connectivity index (χ1) is 13.8. The summed E-state index contributed by atoms with van der Waals surface area (Å²) < 4.78 is 2.72. The molecule has 0 aliphatic carbocycles. The summed E-state index contributed by atoms with van der Waals surface area (Å²) in [6.45, 7) is 6.15. The molecule has 1 aliphatic rings. The number of aromatic nitrogens is 4. The van der Waals surface area contributed by atoms with E-state index in [0.717, 1.165) is 10.4 Å². The first-order valence-corrected chi connectivity index (χ1v) is 9.38. The van der Waals surface area contributed by atoms with Crippen LogP contribution in [0, 0.1) is 5.92 Å². The highest BCUT2D eigenvalue weighted by atomic mass is 16.2. The summed E-state index contributed by atoms with van der Waals surface area (Å²) in [5, 5.41) is 4.57. The van der Waals surface area contributed by atoms with Gasteiger partial charge in [0.25, 0.3) is 5.56 Å². The van der Waals surface area contributed by atoms with Crippen LogP contribution >= 0.6 is 0 Å². The number of benzene rings is 1. The average molecular weight is 394 g/mol. The van der Waals surface area contributed by atoms with Gasteiger partial charge in [-0.3, -0.25) is 19.8 Å². The van der Waals surface area contributed by atoms with E-state index in [1.54, 1.807) is 9.58 Å². The molecule has 1 aromatic carbocycles. The second-order valence-corrected chi connectivity index (χ2v) is 8.10. The van der Waals surface area contributed by atoms with Crippen molar-refractivity contribution in [1.82, 2.24) is 19.4 Å². The Kier molecular flexibility index (Phi) is 4.45. The number of para-hydroxylation sites is 1. The van der Waals surface area contributed by atoms with E-state index in [-0.39, 0.29) is 24.4 Å². The molecule has 1 atom stereocenters. The third-order valence-corrected chi connectivity index (χ3v) is 4.92. The number of carbonyl (C=O) groups excluding carboxylic acids is 2. The van der Waals surface area contributed by atoms with Gasteiger partial charge in [-0.15, -0.1) is 0 Å². The van der Waals surface area contributed by atoms with E-state index < -0.39 is 17.4 Å². The van der Waals surface area contributed by atoms with Gasteiger partial charge in [-0.1, -0.05) is 18.2 Å². The van der Waals surface area contributed by atoms with E-state index in [2.05, 4.69) is 15.5 Å². The van der Waals surface area contributed by atoms with Gasteiger partial charge >= 0.3 is 0 Å². The summed E-state index contributed by atoms with van der Waals surface area (Å²) in [7, 11) is 0. The van der Waals surface area contributed by atoms with Crippen molar-refractivity contribution in [2.45, 2.75) is 32.7 Å². The predicted molar refractivity (Wildman–Crippen MR) is 108 cm³/mol. The molecule has 1 fully saturated rings. The average Bonchev–Trinajstić information content (AvgIpc) is 3.29. The van der Waals surface area contributed by atoms with Gasteiger partial charge < -0.3 is 4.90 Å². The lowest BCUT2D eigenvalue weighted by molar-refractivity contribution is -0.123. The van der Waals surface area contributed by atoms with Crippen molar-refractivity contribution < 1.29 is 9.59 Å². The van der Waals surface area contributed by atoms with E-state index in [9.17, 15) is 14.4 Å². The number of rotatable bonds is 3. The largest absolute Gasteiger partial charge is 0.312 e. The summed E-state index contributed by atoms with van der Waals surface area (Å²) in [6, 6.07) is 9.20. The lowest BCUT2D eigenvalue weighted by atomic mass is 10.1. The first-order valence-electron chi connectivity index (χ1n) is 9.38. The number of carbonyl (C=O) groups is 2.